The molecule has 0 radical (unpaired) electrons. The van der Waals surface area contributed by atoms with E-state index in [-0.39, 0.29) is 12.4 Å². The maximum atomic E-state index is 11.1. The molecule has 0 saturated carbocycles. The highest BCUT2D eigenvalue weighted by Crippen LogP contribution is 1.91. The monoisotopic (exact) mass is 182 g/mol. The van der Waals surface area contributed by atoms with Crippen molar-refractivity contribution in [2.75, 3.05) is 12.3 Å². The van der Waals surface area contributed by atoms with Gasteiger partial charge in [-0.15, -0.1) is 0 Å². The first-order chi connectivity index (χ1) is 6.24. The van der Waals surface area contributed by atoms with E-state index in [2.05, 4.69) is 10.2 Å². The van der Waals surface area contributed by atoms with E-state index in [0.717, 1.165) is 0 Å². The van der Waals surface area contributed by atoms with Crippen LogP contribution in [0.3, 0.4) is 0 Å². The summed E-state index contributed by atoms with van der Waals surface area (Å²) in [5.74, 6) is 0.203. The van der Waals surface area contributed by atoms with Crippen molar-refractivity contribution in [1.29, 1.82) is 0 Å². The zero-order valence-corrected chi connectivity index (χ0v) is 7.01. The maximum Gasteiger partial charge on any atom is 0.349 e. The lowest BCUT2D eigenvalue weighted by Gasteiger charge is -2.01. The van der Waals surface area contributed by atoms with E-state index in [0.29, 0.717) is 13.0 Å². The normalized spacial score (nSPS) is 9.85. The van der Waals surface area contributed by atoms with Crippen LogP contribution in [0.15, 0.2) is 22.2 Å². The van der Waals surface area contributed by atoms with E-state index < -0.39 is 5.69 Å². The average Bonchev–Trinajstić information content (AvgIpc) is 2.09. The van der Waals surface area contributed by atoms with Crippen LogP contribution in [0.2, 0.25) is 0 Å². The van der Waals surface area contributed by atoms with Crippen molar-refractivity contribution in [2.24, 2.45) is 5.18 Å². The lowest BCUT2D eigenvalue weighted by atomic mass is 10.4. The van der Waals surface area contributed by atoms with Gasteiger partial charge in [-0.1, -0.05) is 5.18 Å². The molecule has 0 fully saturated rings. The summed E-state index contributed by atoms with van der Waals surface area (Å²) in [7, 11) is 0. The Balaban J connectivity index is 2.67. The summed E-state index contributed by atoms with van der Waals surface area (Å²) in [5, 5.41) is 2.69. The number of nitrogens with two attached hydrogens (primary N) is 1. The summed E-state index contributed by atoms with van der Waals surface area (Å²) in [5.41, 5.74) is 4.89. The molecule has 1 rings (SSSR count). The van der Waals surface area contributed by atoms with Gasteiger partial charge in [0.2, 0.25) is 0 Å². The molecule has 70 valence electrons. The lowest BCUT2D eigenvalue weighted by Crippen LogP contribution is -2.23. The van der Waals surface area contributed by atoms with Crippen LogP contribution in [0.5, 0.6) is 0 Å². The van der Waals surface area contributed by atoms with Crippen LogP contribution in [-0.4, -0.2) is 16.1 Å². The van der Waals surface area contributed by atoms with E-state index in [9.17, 15) is 9.70 Å². The fourth-order valence-electron chi connectivity index (χ4n) is 0.918. The van der Waals surface area contributed by atoms with Gasteiger partial charge in [0.1, 0.15) is 5.82 Å². The van der Waals surface area contributed by atoms with Crippen molar-refractivity contribution in [1.82, 2.24) is 9.55 Å². The molecule has 0 aliphatic carbocycles. The zero-order valence-electron chi connectivity index (χ0n) is 7.01. The minimum atomic E-state index is -0.397. The predicted molar refractivity (Wildman–Crippen MR) is 48.2 cm³/mol. The van der Waals surface area contributed by atoms with Crippen LogP contribution in [0.1, 0.15) is 6.42 Å². The predicted octanol–water partition coefficient (Wildman–Crippen LogP) is -0.0180. The van der Waals surface area contributed by atoms with Crippen LogP contribution in [0, 0.1) is 4.91 Å². The van der Waals surface area contributed by atoms with E-state index >= 15 is 0 Å². The van der Waals surface area contributed by atoms with Crippen molar-refractivity contribution < 1.29 is 0 Å². The van der Waals surface area contributed by atoms with Gasteiger partial charge in [0.15, 0.2) is 0 Å². The van der Waals surface area contributed by atoms with Crippen molar-refractivity contribution in [2.45, 2.75) is 13.0 Å². The van der Waals surface area contributed by atoms with Gasteiger partial charge in [-0.3, -0.25) is 4.57 Å². The van der Waals surface area contributed by atoms with Crippen LogP contribution >= 0.6 is 0 Å². The topological polar surface area (TPSA) is 90.3 Å². The van der Waals surface area contributed by atoms with Crippen molar-refractivity contribution >= 4 is 5.82 Å². The molecule has 1 heterocycles. The second-order valence-electron chi connectivity index (χ2n) is 2.53. The van der Waals surface area contributed by atoms with Gasteiger partial charge in [-0.05, 0) is 12.5 Å². The molecule has 0 aliphatic heterocycles. The number of hydrogen-bond donors (Lipinski definition) is 1. The van der Waals surface area contributed by atoms with Gasteiger partial charge < -0.3 is 5.73 Å². The zero-order chi connectivity index (χ0) is 9.68. The Labute approximate surface area is 74.4 Å². The molecule has 0 aliphatic rings. The molecule has 6 nitrogen and oxygen atoms in total. The summed E-state index contributed by atoms with van der Waals surface area (Å²) in [6.45, 7) is 0.647. The summed E-state index contributed by atoms with van der Waals surface area (Å²) < 4.78 is 1.39. The molecule has 0 amide bonds. The third-order valence-corrected chi connectivity index (χ3v) is 1.54. The van der Waals surface area contributed by atoms with Crippen molar-refractivity contribution in [3.8, 4) is 0 Å². The minimum absolute atomic E-state index is 0.203. The Morgan fingerprint density at radius 1 is 1.62 bits per heavy atom. The van der Waals surface area contributed by atoms with Gasteiger partial charge in [0, 0.05) is 12.7 Å². The molecule has 1 aromatic heterocycles. The first kappa shape index (κ1) is 9.37. The third kappa shape index (κ3) is 2.66. The number of aryl methyl sites for hydroxylation is 1. The van der Waals surface area contributed by atoms with Crippen LogP contribution in [0.25, 0.3) is 0 Å². The van der Waals surface area contributed by atoms with Crippen molar-refractivity contribution in [3.05, 3.63) is 27.7 Å². The van der Waals surface area contributed by atoms with Gasteiger partial charge >= 0.3 is 5.69 Å². The lowest BCUT2D eigenvalue weighted by molar-refractivity contribution is 0.615. The Bertz CT molecular complexity index is 347. The molecule has 0 spiro atoms. The average molecular weight is 182 g/mol. The molecule has 0 bridgehead atoms. The highest BCUT2D eigenvalue weighted by molar-refractivity contribution is 5.23. The largest absolute Gasteiger partial charge is 0.383 e. The Morgan fingerprint density at radius 3 is 3.00 bits per heavy atom. The molecule has 0 saturated heterocycles. The molecule has 6 heteroatoms. The maximum absolute atomic E-state index is 11.1. The third-order valence-electron chi connectivity index (χ3n) is 1.54. The van der Waals surface area contributed by atoms with E-state index in [4.69, 9.17) is 5.73 Å². The van der Waals surface area contributed by atoms with Crippen LogP contribution in [-0.2, 0) is 6.54 Å². The molecular weight excluding hydrogens is 172 g/mol. The SMILES string of the molecule is Nc1ccn(CCCN=O)c(=O)n1. The summed E-state index contributed by atoms with van der Waals surface area (Å²) >= 11 is 0. The molecule has 0 atom stereocenters. The molecule has 0 aromatic carbocycles. The number of aromatic nitrogens is 2. The number of rotatable bonds is 4. The Morgan fingerprint density at radius 2 is 2.38 bits per heavy atom. The second-order valence-corrected chi connectivity index (χ2v) is 2.53. The fourth-order valence-corrected chi connectivity index (χ4v) is 0.918. The highest BCUT2D eigenvalue weighted by atomic mass is 16.3. The van der Waals surface area contributed by atoms with E-state index in [1.165, 1.54) is 10.6 Å². The molecular formula is C7H10N4O2. The van der Waals surface area contributed by atoms with E-state index in [1.54, 1.807) is 6.20 Å². The number of nitrogens with zero attached hydrogens (tertiary/aromatic N) is 3. The Kier molecular flexibility index (Phi) is 3.13. The van der Waals surface area contributed by atoms with Gasteiger partial charge in [-0.25, -0.2) is 4.79 Å². The highest BCUT2D eigenvalue weighted by Gasteiger charge is 1.96. The summed E-state index contributed by atoms with van der Waals surface area (Å²) in [6.07, 6.45) is 2.09. The molecule has 13 heavy (non-hydrogen) atoms. The standard InChI is InChI=1S/C7H10N4O2/c8-6-2-5-11(7(12)10-6)4-1-3-9-13/h2,5H,1,3-4H2,(H2,8,10,12). The number of hydrogen-bond acceptors (Lipinski definition) is 5. The fraction of sp³-hybridized carbons (Fsp3) is 0.429. The quantitative estimate of drug-likeness (QED) is 0.523. The van der Waals surface area contributed by atoms with Gasteiger partial charge in [-0.2, -0.15) is 9.89 Å². The summed E-state index contributed by atoms with van der Waals surface area (Å²) in [4.78, 5) is 24.4. The molecule has 1 aromatic rings. The second kappa shape index (κ2) is 4.34. The molecule has 0 unspecified atom stereocenters. The first-order valence-corrected chi connectivity index (χ1v) is 3.86. The van der Waals surface area contributed by atoms with Crippen molar-refractivity contribution in [3.63, 3.8) is 0 Å². The van der Waals surface area contributed by atoms with Gasteiger partial charge in [0.05, 0.1) is 6.54 Å². The Hall–Kier alpha value is -1.72. The number of nitroso groups, excluding NO2 is 1. The van der Waals surface area contributed by atoms with Crippen LogP contribution < -0.4 is 11.4 Å². The minimum Gasteiger partial charge on any atom is -0.383 e. The van der Waals surface area contributed by atoms with E-state index in [1.807, 2.05) is 0 Å². The molecule has 2 N–H and O–H groups in total. The smallest absolute Gasteiger partial charge is 0.349 e. The van der Waals surface area contributed by atoms with Gasteiger partial charge in [0.25, 0.3) is 0 Å². The van der Waals surface area contributed by atoms with Crippen LogP contribution in [0.4, 0.5) is 5.82 Å². The number of anilines is 1. The number of nitrogen functional groups attached to an aromatic ring is 1. The first-order valence-electron chi connectivity index (χ1n) is 3.86. The summed E-state index contributed by atoms with van der Waals surface area (Å²) in [6, 6.07) is 1.54.